The van der Waals surface area contributed by atoms with Gasteiger partial charge in [-0.15, -0.1) is 0 Å². The van der Waals surface area contributed by atoms with Crippen molar-refractivity contribution < 1.29 is 5.11 Å². The lowest BCUT2D eigenvalue weighted by molar-refractivity contribution is -0.0179. The molecule has 1 N–H and O–H groups in total. The van der Waals surface area contributed by atoms with Crippen LogP contribution in [0.2, 0.25) is 0 Å². The molecule has 0 amide bonds. The first-order valence-corrected chi connectivity index (χ1v) is 7.06. The first-order chi connectivity index (χ1) is 7.33. The zero-order valence-electron chi connectivity index (χ0n) is 11.2. The van der Waals surface area contributed by atoms with Crippen molar-refractivity contribution in [2.24, 2.45) is 28.6 Å². The summed E-state index contributed by atoms with van der Waals surface area (Å²) < 4.78 is 0. The van der Waals surface area contributed by atoms with Gasteiger partial charge >= 0.3 is 0 Å². The minimum Gasteiger partial charge on any atom is -0.390 e. The second-order valence-electron chi connectivity index (χ2n) is 7.52. The molecule has 3 rings (SSSR count). The molecule has 0 heterocycles. The zero-order chi connectivity index (χ0) is 11.8. The smallest absolute Gasteiger partial charge is 0.0656 e. The van der Waals surface area contributed by atoms with Crippen molar-refractivity contribution in [3.8, 4) is 0 Å². The summed E-state index contributed by atoms with van der Waals surface area (Å²) in [4.78, 5) is 0. The van der Waals surface area contributed by atoms with E-state index in [2.05, 4.69) is 27.7 Å². The number of hydrogen-bond donors (Lipinski definition) is 1. The van der Waals surface area contributed by atoms with Crippen molar-refractivity contribution in [2.75, 3.05) is 0 Å². The molecule has 0 bridgehead atoms. The number of rotatable bonds is 0. The van der Waals surface area contributed by atoms with E-state index in [0.29, 0.717) is 16.7 Å². The van der Waals surface area contributed by atoms with Crippen LogP contribution in [-0.2, 0) is 0 Å². The molecule has 0 aliphatic heterocycles. The molecule has 3 saturated carbocycles. The second kappa shape index (κ2) is 2.85. The SMILES string of the molecule is CC1C(C)(O)C[C@]2(C)CCC3[C@H](C)CC[C@@]312. The fourth-order valence-corrected chi connectivity index (χ4v) is 6.17. The van der Waals surface area contributed by atoms with E-state index in [1.165, 1.54) is 25.7 Å². The van der Waals surface area contributed by atoms with Crippen LogP contribution in [0.25, 0.3) is 0 Å². The van der Waals surface area contributed by atoms with Crippen LogP contribution in [0.15, 0.2) is 0 Å². The topological polar surface area (TPSA) is 20.2 Å². The molecule has 1 nitrogen and oxygen atoms in total. The molecule has 92 valence electrons. The van der Waals surface area contributed by atoms with Crippen LogP contribution in [0.1, 0.15) is 59.8 Å². The Morgan fingerprint density at radius 1 is 1.06 bits per heavy atom. The normalized spacial score (nSPS) is 64.7. The third-order valence-electron chi connectivity index (χ3n) is 6.95. The molecule has 6 atom stereocenters. The highest BCUT2D eigenvalue weighted by atomic mass is 16.3. The highest BCUT2D eigenvalue weighted by molar-refractivity contribution is 5.20. The first-order valence-electron chi connectivity index (χ1n) is 7.06. The molecule has 3 unspecified atom stereocenters. The van der Waals surface area contributed by atoms with Gasteiger partial charge in [-0.25, -0.2) is 0 Å². The van der Waals surface area contributed by atoms with E-state index in [1.54, 1.807) is 0 Å². The monoisotopic (exact) mass is 222 g/mol. The van der Waals surface area contributed by atoms with Gasteiger partial charge in [0.1, 0.15) is 0 Å². The summed E-state index contributed by atoms with van der Waals surface area (Å²) in [6, 6.07) is 0. The average molecular weight is 222 g/mol. The minimum atomic E-state index is -0.419. The van der Waals surface area contributed by atoms with Crippen molar-refractivity contribution in [2.45, 2.75) is 65.4 Å². The summed E-state index contributed by atoms with van der Waals surface area (Å²) in [7, 11) is 0. The molecule has 0 radical (unpaired) electrons. The predicted molar refractivity (Wildman–Crippen MR) is 66.1 cm³/mol. The summed E-state index contributed by atoms with van der Waals surface area (Å²) >= 11 is 0. The molecule has 0 aromatic carbocycles. The molecule has 0 saturated heterocycles. The Morgan fingerprint density at radius 3 is 2.44 bits per heavy atom. The Labute approximate surface area is 99.6 Å². The van der Waals surface area contributed by atoms with E-state index in [9.17, 15) is 5.11 Å². The zero-order valence-corrected chi connectivity index (χ0v) is 11.2. The average Bonchev–Trinajstić information content (AvgIpc) is 2.68. The Hall–Kier alpha value is -0.0400. The van der Waals surface area contributed by atoms with E-state index >= 15 is 0 Å². The lowest BCUT2D eigenvalue weighted by atomic mass is 9.62. The summed E-state index contributed by atoms with van der Waals surface area (Å²) in [6.07, 6.45) is 6.55. The molecular weight excluding hydrogens is 196 g/mol. The van der Waals surface area contributed by atoms with Crippen LogP contribution in [0.3, 0.4) is 0 Å². The molecule has 0 aromatic rings. The predicted octanol–water partition coefficient (Wildman–Crippen LogP) is 3.61. The van der Waals surface area contributed by atoms with E-state index in [0.717, 1.165) is 18.3 Å². The van der Waals surface area contributed by atoms with Crippen molar-refractivity contribution in [3.05, 3.63) is 0 Å². The van der Waals surface area contributed by atoms with Crippen LogP contribution >= 0.6 is 0 Å². The van der Waals surface area contributed by atoms with Gasteiger partial charge in [-0.05, 0) is 67.6 Å². The molecular formula is C15H26O. The summed E-state index contributed by atoms with van der Waals surface area (Å²) in [5.74, 6) is 2.27. The largest absolute Gasteiger partial charge is 0.390 e. The van der Waals surface area contributed by atoms with Gasteiger partial charge in [0.05, 0.1) is 5.60 Å². The molecule has 1 spiro atoms. The lowest BCUT2D eigenvalue weighted by Crippen LogP contribution is -2.40. The van der Waals surface area contributed by atoms with Gasteiger partial charge in [0.15, 0.2) is 0 Å². The Kier molecular flexibility index (Phi) is 1.98. The van der Waals surface area contributed by atoms with Crippen LogP contribution in [0, 0.1) is 28.6 Å². The van der Waals surface area contributed by atoms with Gasteiger partial charge < -0.3 is 5.11 Å². The minimum absolute atomic E-state index is 0.419. The maximum atomic E-state index is 10.7. The van der Waals surface area contributed by atoms with Gasteiger partial charge in [-0.2, -0.15) is 0 Å². The fourth-order valence-electron chi connectivity index (χ4n) is 6.17. The molecule has 0 aromatic heterocycles. The fraction of sp³-hybridized carbons (Fsp3) is 1.00. The highest BCUT2D eigenvalue weighted by Crippen LogP contribution is 2.76. The van der Waals surface area contributed by atoms with Gasteiger partial charge in [0, 0.05) is 0 Å². The summed E-state index contributed by atoms with van der Waals surface area (Å²) in [6.45, 7) is 9.30. The van der Waals surface area contributed by atoms with Gasteiger partial charge in [0.25, 0.3) is 0 Å². The number of hydrogen-bond acceptors (Lipinski definition) is 1. The van der Waals surface area contributed by atoms with Crippen molar-refractivity contribution in [1.29, 1.82) is 0 Å². The van der Waals surface area contributed by atoms with Gasteiger partial charge in [0.2, 0.25) is 0 Å². The van der Waals surface area contributed by atoms with Crippen molar-refractivity contribution in [3.63, 3.8) is 0 Å². The van der Waals surface area contributed by atoms with Crippen LogP contribution in [0.5, 0.6) is 0 Å². The van der Waals surface area contributed by atoms with E-state index < -0.39 is 5.60 Å². The van der Waals surface area contributed by atoms with Gasteiger partial charge in [-0.1, -0.05) is 20.8 Å². The maximum absolute atomic E-state index is 10.7. The van der Waals surface area contributed by atoms with E-state index in [-0.39, 0.29) is 0 Å². The van der Waals surface area contributed by atoms with Crippen molar-refractivity contribution >= 4 is 0 Å². The second-order valence-corrected chi connectivity index (χ2v) is 7.52. The molecule has 3 aliphatic carbocycles. The van der Waals surface area contributed by atoms with Crippen LogP contribution in [0.4, 0.5) is 0 Å². The van der Waals surface area contributed by atoms with Crippen LogP contribution in [-0.4, -0.2) is 10.7 Å². The highest BCUT2D eigenvalue weighted by Gasteiger charge is 2.71. The Morgan fingerprint density at radius 2 is 1.75 bits per heavy atom. The summed E-state index contributed by atoms with van der Waals surface area (Å²) in [5, 5.41) is 10.7. The van der Waals surface area contributed by atoms with E-state index in [4.69, 9.17) is 0 Å². The standard InChI is InChI=1S/C15H26O/c1-10-5-8-15-11(2)14(4,16)9-13(15,3)7-6-12(10)15/h10-12,16H,5-9H2,1-4H3/t10-,11?,12?,13+,14?,15+/m1/s1. The Bertz CT molecular complexity index is 321. The molecule has 1 heteroatoms. The first kappa shape index (κ1) is 11.1. The quantitative estimate of drug-likeness (QED) is 0.664. The number of aliphatic hydroxyl groups is 1. The third kappa shape index (κ3) is 0.978. The van der Waals surface area contributed by atoms with Gasteiger partial charge in [-0.3, -0.25) is 0 Å². The lowest BCUT2D eigenvalue weighted by Gasteiger charge is -2.42. The van der Waals surface area contributed by atoms with Crippen molar-refractivity contribution in [1.82, 2.24) is 0 Å². The maximum Gasteiger partial charge on any atom is 0.0656 e. The Balaban J connectivity index is 2.10. The third-order valence-corrected chi connectivity index (χ3v) is 6.95. The molecule has 3 fully saturated rings. The molecule has 3 aliphatic rings. The molecule has 16 heavy (non-hydrogen) atoms. The van der Waals surface area contributed by atoms with Crippen LogP contribution < -0.4 is 0 Å². The summed E-state index contributed by atoms with van der Waals surface area (Å²) in [5.41, 5.74) is 0.471. The van der Waals surface area contributed by atoms with E-state index in [1.807, 2.05) is 0 Å².